The Morgan fingerprint density at radius 2 is 1.68 bits per heavy atom. The van der Waals surface area contributed by atoms with Crippen LogP contribution in [0.3, 0.4) is 0 Å². The topological polar surface area (TPSA) is 84.3 Å². The Morgan fingerprint density at radius 3 is 2.32 bits per heavy atom. The third-order valence-corrected chi connectivity index (χ3v) is 2.80. The first-order valence-corrected chi connectivity index (χ1v) is 6.02. The molecule has 0 bridgehead atoms. The summed E-state index contributed by atoms with van der Waals surface area (Å²) in [5.41, 5.74) is 12.3. The Hall–Kier alpha value is -2.33. The summed E-state index contributed by atoms with van der Waals surface area (Å²) in [5, 5.41) is 14.0. The summed E-state index contributed by atoms with van der Waals surface area (Å²) in [6, 6.07) is 13.9. The fourth-order valence-electron chi connectivity index (χ4n) is 1.73. The van der Waals surface area contributed by atoms with Gasteiger partial charge in [0.1, 0.15) is 16.7 Å². The molecule has 4 nitrogen and oxygen atoms in total. The molecular formula is C14H14ClN3O. The average Bonchev–Trinajstić information content (AvgIpc) is 2.38. The third-order valence-electron chi connectivity index (χ3n) is 2.60. The highest BCUT2D eigenvalue weighted by Crippen LogP contribution is 2.15. The summed E-state index contributed by atoms with van der Waals surface area (Å²) in [6.07, 6.45) is 0. The van der Waals surface area contributed by atoms with E-state index in [1.165, 1.54) is 0 Å². The number of nitrogens with two attached hydrogens (primary N) is 2. The minimum Gasteiger partial charge on any atom is -0.508 e. The van der Waals surface area contributed by atoms with E-state index >= 15 is 0 Å². The smallest absolute Gasteiger partial charge is 0.117 e. The molecule has 0 aliphatic rings. The zero-order valence-corrected chi connectivity index (χ0v) is 10.9. The van der Waals surface area contributed by atoms with E-state index in [2.05, 4.69) is 5.32 Å². The van der Waals surface area contributed by atoms with Crippen molar-refractivity contribution in [2.24, 2.45) is 11.5 Å². The Morgan fingerprint density at radius 1 is 1.00 bits per heavy atom. The zero-order chi connectivity index (χ0) is 13.8. The van der Waals surface area contributed by atoms with Gasteiger partial charge in [-0.2, -0.15) is 0 Å². The summed E-state index contributed by atoms with van der Waals surface area (Å²) < 4.78 is 0. The van der Waals surface area contributed by atoms with Gasteiger partial charge in [-0.3, -0.25) is 0 Å². The molecule has 0 aliphatic heterocycles. The molecule has 2 aromatic carbocycles. The lowest BCUT2D eigenvalue weighted by Crippen LogP contribution is -2.34. The number of phenols is 1. The largest absolute Gasteiger partial charge is 0.508 e. The van der Waals surface area contributed by atoms with Crippen molar-refractivity contribution < 1.29 is 5.11 Å². The van der Waals surface area contributed by atoms with Gasteiger partial charge in [-0.25, -0.2) is 0 Å². The van der Waals surface area contributed by atoms with Crippen LogP contribution in [0.4, 0.5) is 5.69 Å². The highest BCUT2D eigenvalue weighted by Gasteiger charge is 1.98. The fourth-order valence-corrected chi connectivity index (χ4v) is 1.90. The molecule has 0 amide bonds. The Bertz CT molecular complexity index is 709. The molecular weight excluding hydrogens is 262 g/mol. The molecule has 0 fully saturated rings. The van der Waals surface area contributed by atoms with Gasteiger partial charge >= 0.3 is 0 Å². The second-order valence-corrected chi connectivity index (χ2v) is 4.39. The van der Waals surface area contributed by atoms with Crippen LogP contribution >= 0.6 is 11.6 Å². The number of halogens is 1. The van der Waals surface area contributed by atoms with Crippen molar-refractivity contribution in [3.63, 3.8) is 0 Å². The van der Waals surface area contributed by atoms with Gasteiger partial charge in [-0.05, 0) is 12.1 Å². The van der Waals surface area contributed by atoms with Crippen LogP contribution < -0.4 is 27.2 Å². The highest BCUT2D eigenvalue weighted by molar-refractivity contribution is 6.44. The predicted molar refractivity (Wildman–Crippen MR) is 78.5 cm³/mol. The van der Waals surface area contributed by atoms with E-state index < -0.39 is 0 Å². The first-order valence-electron chi connectivity index (χ1n) is 5.64. The van der Waals surface area contributed by atoms with Crippen LogP contribution in [0.2, 0.25) is 0 Å². The molecule has 0 atom stereocenters. The van der Waals surface area contributed by atoms with Crippen LogP contribution in [0, 0.1) is 0 Å². The standard InChI is InChI=1S/C14H14ClN3O/c15-13(16)11-6-1-2-7-12(11)14(17)18-9-4-3-5-10(19)8-9/h1-8,18-19H,16-17H2/b13-11-,14-12+. The maximum Gasteiger partial charge on any atom is 0.117 e. The van der Waals surface area contributed by atoms with Crippen LogP contribution in [-0.2, 0) is 0 Å². The number of nitrogens with one attached hydrogen (secondary N) is 1. The molecule has 0 aromatic heterocycles. The molecule has 6 N–H and O–H groups in total. The number of hydrogen-bond acceptors (Lipinski definition) is 4. The SMILES string of the molecule is N/C(Cl)=c1/cccc/c1=C(/N)Nc1cccc(O)c1. The van der Waals surface area contributed by atoms with E-state index in [-0.39, 0.29) is 10.9 Å². The van der Waals surface area contributed by atoms with E-state index in [0.29, 0.717) is 21.9 Å². The summed E-state index contributed by atoms with van der Waals surface area (Å²) in [7, 11) is 0. The fraction of sp³-hybridized carbons (Fsp3) is 0. The molecule has 0 heterocycles. The minimum absolute atomic E-state index is 0.162. The summed E-state index contributed by atoms with van der Waals surface area (Å²) >= 11 is 5.84. The monoisotopic (exact) mass is 275 g/mol. The van der Waals surface area contributed by atoms with Gasteiger partial charge in [0.25, 0.3) is 0 Å². The van der Waals surface area contributed by atoms with Gasteiger partial charge in [-0.15, -0.1) is 0 Å². The van der Waals surface area contributed by atoms with Crippen molar-refractivity contribution in [1.82, 2.24) is 0 Å². The van der Waals surface area contributed by atoms with Crippen molar-refractivity contribution in [2.75, 3.05) is 5.32 Å². The quantitative estimate of drug-likeness (QED) is 0.611. The molecule has 0 aliphatic carbocycles. The third kappa shape index (κ3) is 3.11. The lowest BCUT2D eigenvalue weighted by molar-refractivity contribution is 0.475. The summed E-state index contributed by atoms with van der Waals surface area (Å²) in [6.45, 7) is 0. The van der Waals surface area contributed by atoms with Crippen LogP contribution in [0.15, 0.2) is 48.5 Å². The van der Waals surface area contributed by atoms with Crippen molar-refractivity contribution in [3.05, 3.63) is 59.0 Å². The first kappa shape index (κ1) is 13.1. The number of rotatable bonds is 2. The van der Waals surface area contributed by atoms with Gasteiger partial charge in [0.15, 0.2) is 0 Å². The predicted octanol–water partition coefficient (Wildman–Crippen LogP) is 0.792. The minimum atomic E-state index is 0.162. The number of benzene rings is 2. The molecule has 19 heavy (non-hydrogen) atoms. The van der Waals surface area contributed by atoms with E-state index in [1.807, 2.05) is 18.2 Å². The lowest BCUT2D eigenvalue weighted by Gasteiger charge is -2.07. The van der Waals surface area contributed by atoms with E-state index in [0.717, 1.165) is 0 Å². The maximum atomic E-state index is 9.40. The van der Waals surface area contributed by atoms with Crippen molar-refractivity contribution in [2.45, 2.75) is 0 Å². The Labute approximate surface area is 115 Å². The van der Waals surface area contributed by atoms with Gasteiger partial charge in [0.2, 0.25) is 0 Å². The molecule has 0 unspecified atom stereocenters. The van der Waals surface area contributed by atoms with Crippen molar-refractivity contribution in [1.29, 1.82) is 0 Å². The van der Waals surface area contributed by atoms with Crippen LogP contribution in [0.25, 0.3) is 11.0 Å². The molecule has 0 saturated heterocycles. The molecule has 2 aromatic rings. The van der Waals surface area contributed by atoms with Gasteiger partial charge in [-0.1, -0.05) is 41.9 Å². The van der Waals surface area contributed by atoms with Crippen molar-refractivity contribution in [3.8, 4) is 5.75 Å². The van der Waals surface area contributed by atoms with E-state index in [9.17, 15) is 5.11 Å². The van der Waals surface area contributed by atoms with E-state index in [1.54, 1.807) is 30.3 Å². The Balaban J connectivity index is 2.52. The lowest BCUT2D eigenvalue weighted by atomic mass is 10.2. The average molecular weight is 276 g/mol. The van der Waals surface area contributed by atoms with Gasteiger partial charge < -0.3 is 21.9 Å². The molecule has 5 heteroatoms. The molecule has 0 saturated carbocycles. The second-order valence-electron chi connectivity index (χ2n) is 3.98. The number of anilines is 1. The highest BCUT2D eigenvalue weighted by atomic mass is 35.5. The first-order chi connectivity index (χ1) is 9.08. The number of phenolic OH excluding ortho intramolecular Hbond substituents is 1. The maximum absolute atomic E-state index is 9.40. The molecule has 0 radical (unpaired) electrons. The normalized spacial score (nSPS) is 13.7. The molecule has 98 valence electrons. The van der Waals surface area contributed by atoms with Gasteiger partial charge in [0, 0.05) is 22.2 Å². The van der Waals surface area contributed by atoms with Gasteiger partial charge in [0.05, 0.1) is 0 Å². The number of aromatic hydroxyl groups is 1. The number of hydrogen-bond donors (Lipinski definition) is 4. The summed E-state index contributed by atoms with van der Waals surface area (Å²) in [4.78, 5) is 0. The van der Waals surface area contributed by atoms with Crippen LogP contribution in [-0.4, -0.2) is 5.11 Å². The van der Waals surface area contributed by atoms with Crippen LogP contribution in [0.1, 0.15) is 0 Å². The van der Waals surface area contributed by atoms with Crippen molar-refractivity contribution >= 4 is 28.3 Å². The molecule has 0 spiro atoms. The summed E-state index contributed by atoms with van der Waals surface area (Å²) in [5.74, 6) is 0.569. The Kier molecular flexibility index (Phi) is 3.82. The molecule has 2 rings (SSSR count). The van der Waals surface area contributed by atoms with Crippen LogP contribution in [0.5, 0.6) is 5.75 Å². The zero-order valence-electron chi connectivity index (χ0n) is 10.1. The second kappa shape index (κ2) is 5.54. The van der Waals surface area contributed by atoms with E-state index in [4.69, 9.17) is 23.1 Å².